The van der Waals surface area contributed by atoms with Crippen LogP contribution in [0.3, 0.4) is 0 Å². The Kier molecular flexibility index (Phi) is 5.54. The molecule has 0 unspecified atom stereocenters. The van der Waals surface area contributed by atoms with Gasteiger partial charge in [0.2, 0.25) is 0 Å². The average Bonchev–Trinajstić information content (AvgIpc) is 2.69. The highest BCUT2D eigenvalue weighted by atomic mass is 19.1. The van der Waals surface area contributed by atoms with Crippen LogP contribution in [0.15, 0.2) is 89.1 Å². The van der Waals surface area contributed by atoms with Crippen LogP contribution >= 0.6 is 0 Å². The molecule has 0 saturated carbocycles. The first kappa shape index (κ1) is 17.5. The maximum atomic E-state index is 13.6. The molecule has 4 heteroatoms. The molecule has 0 fully saturated rings. The van der Waals surface area contributed by atoms with Crippen molar-refractivity contribution in [3.63, 3.8) is 0 Å². The van der Waals surface area contributed by atoms with Gasteiger partial charge in [-0.3, -0.25) is 0 Å². The molecule has 0 saturated heterocycles. The maximum absolute atomic E-state index is 13.6. The Morgan fingerprint density at radius 2 is 1.42 bits per heavy atom. The lowest BCUT2D eigenvalue weighted by Crippen LogP contribution is -2.05. The van der Waals surface area contributed by atoms with E-state index in [0.29, 0.717) is 23.4 Å². The van der Waals surface area contributed by atoms with Gasteiger partial charge >= 0.3 is 0 Å². The van der Waals surface area contributed by atoms with Gasteiger partial charge in [0.15, 0.2) is 0 Å². The molecule has 26 heavy (non-hydrogen) atoms. The normalized spacial score (nSPS) is 11.2. The van der Waals surface area contributed by atoms with E-state index < -0.39 is 5.82 Å². The highest BCUT2D eigenvalue weighted by Gasteiger charge is 2.10. The zero-order valence-corrected chi connectivity index (χ0v) is 14.4. The fourth-order valence-electron chi connectivity index (χ4n) is 2.64. The summed E-state index contributed by atoms with van der Waals surface area (Å²) >= 11 is 0. The second kappa shape index (κ2) is 8.21. The van der Waals surface area contributed by atoms with Gasteiger partial charge in [0.25, 0.3) is 0 Å². The van der Waals surface area contributed by atoms with Crippen LogP contribution in [0.1, 0.15) is 30.0 Å². The first-order valence-corrected chi connectivity index (χ1v) is 8.43. The molecule has 3 aromatic carbocycles. The molecule has 0 aliphatic carbocycles. The largest absolute Gasteiger partial charge is 0.507 e. The van der Waals surface area contributed by atoms with Crippen molar-refractivity contribution >= 4 is 11.4 Å². The van der Waals surface area contributed by atoms with Crippen LogP contribution < -0.4 is 0 Å². The minimum Gasteiger partial charge on any atom is -0.507 e. The van der Waals surface area contributed by atoms with Gasteiger partial charge in [-0.15, -0.1) is 5.10 Å². The molecule has 3 nitrogen and oxygen atoms in total. The summed E-state index contributed by atoms with van der Waals surface area (Å²) in [7, 11) is 0. The zero-order chi connectivity index (χ0) is 18.4. The molecule has 0 aromatic heterocycles. The predicted octanol–water partition coefficient (Wildman–Crippen LogP) is 5.18. The van der Waals surface area contributed by atoms with Crippen LogP contribution in [-0.4, -0.2) is 16.5 Å². The molecular formula is C22H19FN2O. The van der Waals surface area contributed by atoms with Gasteiger partial charge in [0.1, 0.15) is 17.3 Å². The molecule has 3 aromatic rings. The summed E-state index contributed by atoms with van der Waals surface area (Å²) < 4.78 is 13.6. The van der Waals surface area contributed by atoms with E-state index in [1.807, 2.05) is 67.6 Å². The van der Waals surface area contributed by atoms with E-state index in [9.17, 15) is 9.50 Å². The molecule has 0 heterocycles. The van der Waals surface area contributed by atoms with Gasteiger partial charge < -0.3 is 5.11 Å². The number of halogens is 1. The van der Waals surface area contributed by atoms with E-state index in [4.69, 9.17) is 0 Å². The van der Waals surface area contributed by atoms with Crippen molar-refractivity contribution in [2.45, 2.75) is 13.3 Å². The number of benzene rings is 3. The molecular weight excluding hydrogens is 327 g/mol. The topological polar surface area (TPSA) is 45.0 Å². The summed E-state index contributed by atoms with van der Waals surface area (Å²) in [4.78, 5) is 0. The van der Waals surface area contributed by atoms with E-state index in [1.165, 1.54) is 18.2 Å². The lowest BCUT2D eigenvalue weighted by atomic mass is 10.0. The molecule has 0 amide bonds. The summed E-state index contributed by atoms with van der Waals surface area (Å²) in [6, 6.07) is 23.3. The third-order valence-corrected chi connectivity index (χ3v) is 3.97. The van der Waals surface area contributed by atoms with Crippen molar-refractivity contribution in [3.05, 3.63) is 101 Å². The number of hydrogen-bond donors (Lipinski definition) is 1. The molecule has 130 valence electrons. The molecule has 0 bridgehead atoms. The van der Waals surface area contributed by atoms with Gasteiger partial charge in [0, 0.05) is 16.7 Å². The Labute approximate surface area is 152 Å². The van der Waals surface area contributed by atoms with Gasteiger partial charge in [-0.05, 0) is 24.6 Å². The smallest absolute Gasteiger partial charge is 0.124 e. The van der Waals surface area contributed by atoms with Crippen molar-refractivity contribution in [1.82, 2.24) is 0 Å². The fourth-order valence-corrected chi connectivity index (χ4v) is 2.64. The summed E-state index contributed by atoms with van der Waals surface area (Å²) in [6.07, 6.45) is 0.511. The summed E-state index contributed by atoms with van der Waals surface area (Å²) in [5.41, 5.74) is 3.46. The highest BCUT2D eigenvalue weighted by Crippen LogP contribution is 2.21. The van der Waals surface area contributed by atoms with Crippen molar-refractivity contribution in [2.24, 2.45) is 10.2 Å². The standard InChI is InChI=1S/C22H19FN2O/c1-2-20(19-15-18(23)13-14-21(19)26)24-25-22(16-9-5-3-6-10-16)17-11-7-4-8-12-17/h3-15,26H,2H2,1H3/b24-20+. The Balaban J connectivity index is 2.10. The summed E-state index contributed by atoms with van der Waals surface area (Å²) in [6.45, 7) is 1.89. The molecule has 0 atom stereocenters. The molecule has 0 aliphatic heterocycles. The number of aromatic hydroxyl groups is 1. The van der Waals surface area contributed by atoms with Crippen LogP contribution in [0, 0.1) is 5.82 Å². The lowest BCUT2D eigenvalue weighted by Gasteiger charge is -2.08. The minimum absolute atomic E-state index is 0.0110. The van der Waals surface area contributed by atoms with Crippen molar-refractivity contribution < 1.29 is 9.50 Å². The average molecular weight is 346 g/mol. The van der Waals surface area contributed by atoms with Gasteiger partial charge in [-0.1, -0.05) is 67.6 Å². The monoisotopic (exact) mass is 346 g/mol. The van der Waals surface area contributed by atoms with Crippen LogP contribution in [0.4, 0.5) is 4.39 Å². The molecule has 0 radical (unpaired) electrons. The molecule has 3 rings (SSSR count). The fraction of sp³-hybridized carbons (Fsp3) is 0.0909. The molecule has 0 spiro atoms. The Morgan fingerprint density at radius 3 is 1.96 bits per heavy atom. The number of rotatable bonds is 5. The van der Waals surface area contributed by atoms with E-state index in [0.717, 1.165) is 11.1 Å². The first-order chi connectivity index (χ1) is 12.7. The number of hydrogen-bond acceptors (Lipinski definition) is 3. The Hall–Kier alpha value is -3.27. The Bertz CT molecular complexity index is 893. The van der Waals surface area contributed by atoms with Gasteiger partial charge in [-0.25, -0.2) is 4.39 Å². The highest BCUT2D eigenvalue weighted by molar-refractivity contribution is 6.13. The number of nitrogens with zero attached hydrogens (tertiary/aromatic N) is 2. The maximum Gasteiger partial charge on any atom is 0.124 e. The van der Waals surface area contributed by atoms with Crippen molar-refractivity contribution in [3.8, 4) is 5.75 Å². The zero-order valence-electron chi connectivity index (χ0n) is 14.4. The third-order valence-electron chi connectivity index (χ3n) is 3.97. The summed E-state index contributed by atoms with van der Waals surface area (Å²) in [5.74, 6) is -0.433. The first-order valence-electron chi connectivity index (χ1n) is 8.43. The summed E-state index contributed by atoms with van der Waals surface area (Å²) in [5, 5.41) is 18.8. The predicted molar refractivity (Wildman–Crippen MR) is 103 cm³/mol. The van der Waals surface area contributed by atoms with Gasteiger partial charge in [-0.2, -0.15) is 5.10 Å². The SMILES string of the molecule is CC/C(=N\N=C(c1ccccc1)c1ccccc1)c1cc(F)ccc1O. The van der Waals surface area contributed by atoms with Crippen molar-refractivity contribution in [1.29, 1.82) is 0 Å². The van der Waals surface area contributed by atoms with Crippen LogP contribution in [0.25, 0.3) is 0 Å². The quantitative estimate of drug-likeness (QED) is 0.502. The van der Waals surface area contributed by atoms with Gasteiger partial charge in [0.05, 0.1) is 5.71 Å². The van der Waals surface area contributed by atoms with E-state index in [1.54, 1.807) is 0 Å². The van der Waals surface area contributed by atoms with Crippen LogP contribution in [0.5, 0.6) is 5.75 Å². The van der Waals surface area contributed by atoms with E-state index in [2.05, 4.69) is 10.2 Å². The minimum atomic E-state index is -0.422. The number of phenolic OH excluding ortho intramolecular Hbond substituents is 1. The number of phenols is 1. The van der Waals surface area contributed by atoms with E-state index in [-0.39, 0.29) is 5.75 Å². The van der Waals surface area contributed by atoms with E-state index >= 15 is 0 Å². The second-order valence-electron chi connectivity index (χ2n) is 5.74. The third kappa shape index (κ3) is 4.03. The van der Waals surface area contributed by atoms with Crippen molar-refractivity contribution in [2.75, 3.05) is 0 Å². The molecule has 0 aliphatic rings. The van der Waals surface area contributed by atoms with Crippen LogP contribution in [0.2, 0.25) is 0 Å². The van der Waals surface area contributed by atoms with Crippen LogP contribution in [-0.2, 0) is 0 Å². The molecule has 1 N–H and O–H groups in total. The Morgan fingerprint density at radius 1 is 0.846 bits per heavy atom. The second-order valence-corrected chi connectivity index (χ2v) is 5.74. The lowest BCUT2D eigenvalue weighted by molar-refractivity contribution is 0.471.